The lowest BCUT2D eigenvalue weighted by atomic mass is 9.90. The molecule has 2 aromatic carbocycles. The summed E-state index contributed by atoms with van der Waals surface area (Å²) >= 11 is 1.47. The van der Waals surface area contributed by atoms with Gasteiger partial charge in [0.25, 0.3) is 0 Å². The number of carbonyl (C=O) groups excluding carboxylic acids is 1. The van der Waals surface area contributed by atoms with Gasteiger partial charge in [0.1, 0.15) is 5.03 Å². The maximum atomic E-state index is 12.6. The summed E-state index contributed by atoms with van der Waals surface area (Å²) in [6, 6.07) is 14.2. The van der Waals surface area contributed by atoms with Crippen LogP contribution in [0.1, 0.15) is 34.3 Å². The summed E-state index contributed by atoms with van der Waals surface area (Å²) in [6.07, 6.45) is 6.48. The van der Waals surface area contributed by atoms with Crippen LogP contribution in [0.4, 0.5) is 0 Å². The number of benzene rings is 2. The number of thioether (sulfide) groups is 1. The van der Waals surface area contributed by atoms with Crippen molar-refractivity contribution in [1.82, 2.24) is 10.2 Å². The largest absolute Gasteiger partial charge is 0.293 e. The molecule has 3 nitrogen and oxygen atoms in total. The van der Waals surface area contributed by atoms with Gasteiger partial charge in [-0.15, -0.1) is 5.10 Å². The molecule has 0 unspecified atom stereocenters. The van der Waals surface area contributed by atoms with E-state index in [4.69, 9.17) is 0 Å². The van der Waals surface area contributed by atoms with Gasteiger partial charge >= 0.3 is 0 Å². The molecule has 24 heavy (non-hydrogen) atoms. The molecule has 0 radical (unpaired) electrons. The van der Waals surface area contributed by atoms with E-state index in [1.54, 1.807) is 6.20 Å². The first-order chi connectivity index (χ1) is 11.8. The Hall–Kier alpha value is -2.20. The van der Waals surface area contributed by atoms with Crippen LogP contribution in [0.3, 0.4) is 0 Å². The molecule has 0 saturated heterocycles. The fourth-order valence-corrected chi connectivity index (χ4v) is 4.11. The van der Waals surface area contributed by atoms with Crippen LogP contribution in [0.2, 0.25) is 0 Å². The second-order valence-corrected chi connectivity index (χ2v) is 7.10. The van der Waals surface area contributed by atoms with E-state index in [0.29, 0.717) is 5.75 Å². The van der Waals surface area contributed by atoms with Crippen molar-refractivity contribution in [1.29, 1.82) is 0 Å². The smallest absolute Gasteiger partial charge is 0.173 e. The van der Waals surface area contributed by atoms with Crippen LogP contribution in [0.25, 0.3) is 10.8 Å². The summed E-state index contributed by atoms with van der Waals surface area (Å²) < 4.78 is 0. The molecule has 120 valence electrons. The standard InChI is InChI=1S/C20H18N2OS/c23-19(16-10-9-14-5-1-2-6-15(14)11-16)13-24-20-18-8-4-3-7-17(18)12-21-22-20/h3-4,7-12H,1-2,5-6,13H2. The Bertz CT molecular complexity index is 902. The molecular weight excluding hydrogens is 316 g/mol. The van der Waals surface area contributed by atoms with E-state index in [0.717, 1.165) is 34.2 Å². The van der Waals surface area contributed by atoms with Gasteiger partial charge in [0.15, 0.2) is 5.78 Å². The van der Waals surface area contributed by atoms with Gasteiger partial charge in [0.05, 0.1) is 11.9 Å². The van der Waals surface area contributed by atoms with Crippen molar-refractivity contribution in [3.8, 4) is 0 Å². The van der Waals surface area contributed by atoms with E-state index in [-0.39, 0.29) is 5.78 Å². The van der Waals surface area contributed by atoms with Crippen molar-refractivity contribution >= 4 is 28.3 Å². The Kier molecular flexibility index (Phi) is 4.30. The Morgan fingerprint density at radius 3 is 2.79 bits per heavy atom. The molecule has 1 aliphatic rings. The Morgan fingerprint density at radius 1 is 1.04 bits per heavy atom. The van der Waals surface area contributed by atoms with Crippen LogP contribution in [-0.2, 0) is 12.8 Å². The van der Waals surface area contributed by atoms with Crippen LogP contribution in [0.5, 0.6) is 0 Å². The van der Waals surface area contributed by atoms with E-state index in [1.165, 1.54) is 35.7 Å². The SMILES string of the molecule is O=C(CSc1nncc2ccccc12)c1ccc2c(c1)CCCC2. The lowest BCUT2D eigenvalue weighted by molar-refractivity contribution is 0.102. The van der Waals surface area contributed by atoms with E-state index in [1.807, 2.05) is 30.3 Å². The number of aryl methyl sites for hydroxylation is 2. The highest BCUT2D eigenvalue weighted by atomic mass is 32.2. The summed E-state index contributed by atoms with van der Waals surface area (Å²) in [4.78, 5) is 12.6. The average molecular weight is 334 g/mol. The number of ketones is 1. The monoisotopic (exact) mass is 334 g/mol. The van der Waals surface area contributed by atoms with Crippen molar-refractivity contribution in [2.45, 2.75) is 30.7 Å². The van der Waals surface area contributed by atoms with Gasteiger partial charge in [-0.1, -0.05) is 48.2 Å². The van der Waals surface area contributed by atoms with Gasteiger partial charge in [-0.2, -0.15) is 5.10 Å². The third-order valence-electron chi connectivity index (χ3n) is 4.55. The van der Waals surface area contributed by atoms with Crippen LogP contribution >= 0.6 is 11.8 Å². The molecule has 4 rings (SSSR count). The Labute approximate surface area is 145 Å². The number of carbonyl (C=O) groups is 1. The zero-order valence-corrected chi connectivity index (χ0v) is 14.2. The van der Waals surface area contributed by atoms with Crippen LogP contribution in [0.15, 0.2) is 53.7 Å². The molecule has 4 heteroatoms. The first-order valence-electron chi connectivity index (χ1n) is 8.29. The van der Waals surface area contributed by atoms with Gasteiger partial charge in [0, 0.05) is 16.3 Å². The molecular formula is C20H18N2OS. The van der Waals surface area contributed by atoms with Crippen molar-refractivity contribution in [2.24, 2.45) is 0 Å². The van der Waals surface area contributed by atoms with E-state index in [2.05, 4.69) is 22.3 Å². The van der Waals surface area contributed by atoms with Gasteiger partial charge in [-0.25, -0.2) is 0 Å². The average Bonchev–Trinajstić information content (AvgIpc) is 2.65. The van der Waals surface area contributed by atoms with Gasteiger partial charge in [-0.05, 0) is 42.9 Å². The van der Waals surface area contributed by atoms with E-state index >= 15 is 0 Å². The first-order valence-corrected chi connectivity index (χ1v) is 9.28. The van der Waals surface area contributed by atoms with Crippen molar-refractivity contribution in [3.63, 3.8) is 0 Å². The zero-order valence-electron chi connectivity index (χ0n) is 13.4. The first kappa shape index (κ1) is 15.3. The summed E-state index contributed by atoms with van der Waals surface area (Å²) in [5, 5.41) is 11.2. The van der Waals surface area contributed by atoms with Crippen LogP contribution < -0.4 is 0 Å². The molecule has 1 aliphatic carbocycles. The van der Waals surface area contributed by atoms with E-state index < -0.39 is 0 Å². The molecule has 0 N–H and O–H groups in total. The van der Waals surface area contributed by atoms with Gasteiger partial charge in [0.2, 0.25) is 0 Å². The second-order valence-electron chi connectivity index (χ2n) is 6.14. The number of aromatic nitrogens is 2. The summed E-state index contributed by atoms with van der Waals surface area (Å²) in [6.45, 7) is 0. The number of hydrogen-bond donors (Lipinski definition) is 0. The number of fused-ring (bicyclic) bond motifs is 2. The van der Waals surface area contributed by atoms with Crippen LogP contribution in [0, 0.1) is 0 Å². The second kappa shape index (κ2) is 6.73. The maximum Gasteiger partial charge on any atom is 0.173 e. The van der Waals surface area contributed by atoms with E-state index in [9.17, 15) is 4.79 Å². The minimum atomic E-state index is 0.156. The fourth-order valence-electron chi connectivity index (χ4n) is 3.23. The third kappa shape index (κ3) is 3.06. The topological polar surface area (TPSA) is 42.9 Å². The minimum Gasteiger partial charge on any atom is -0.293 e. The quantitative estimate of drug-likeness (QED) is 0.521. The molecule has 1 heterocycles. The molecule has 0 saturated carbocycles. The minimum absolute atomic E-state index is 0.156. The van der Waals surface area contributed by atoms with Gasteiger partial charge in [-0.3, -0.25) is 4.79 Å². The molecule has 0 amide bonds. The molecule has 0 fully saturated rings. The molecule has 0 spiro atoms. The lowest BCUT2D eigenvalue weighted by Gasteiger charge is -2.16. The molecule has 0 atom stereocenters. The normalized spacial score (nSPS) is 13.7. The van der Waals surface area contributed by atoms with Gasteiger partial charge < -0.3 is 0 Å². The Morgan fingerprint density at radius 2 is 1.88 bits per heavy atom. The summed E-state index contributed by atoms with van der Waals surface area (Å²) in [5.74, 6) is 0.546. The fraction of sp³-hybridized carbons (Fsp3) is 0.250. The predicted molar refractivity (Wildman–Crippen MR) is 97.7 cm³/mol. The molecule has 3 aromatic rings. The Balaban J connectivity index is 1.52. The molecule has 1 aromatic heterocycles. The lowest BCUT2D eigenvalue weighted by Crippen LogP contribution is -2.08. The number of nitrogens with zero attached hydrogens (tertiary/aromatic N) is 2. The summed E-state index contributed by atoms with van der Waals surface area (Å²) in [7, 11) is 0. The number of hydrogen-bond acceptors (Lipinski definition) is 4. The molecule has 0 aliphatic heterocycles. The van der Waals surface area contributed by atoms with Crippen molar-refractivity contribution < 1.29 is 4.79 Å². The maximum absolute atomic E-state index is 12.6. The number of Topliss-reactive ketones (excluding diaryl/α,β-unsaturated/α-hetero) is 1. The van der Waals surface area contributed by atoms with Crippen molar-refractivity contribution in [2.75, 3.05) is 5.75 Å². The highest BCUT2D eigenvalue weighted by Gasteiger charge is 2.14. The third-order valence-corrected chi connectivity index (χ3v) is 5.53. The summed E-state index contributed by atoms with van der Waals surface area (Å²) in [5.41, 5.74) is 3.57. The predicted octanol–water partition coefficient (Wildman–Crippen LogP) is 4.48. The number of rotatable bonds is 4. The highest BCUT2D eigenvalue weighted by molar-refractivity contribution is 8.00. The zero-order chi connectivity index (χ0) is 16.4. The molecule has 0 bridgehead atoms. The van der Waals surface area contributed by atoms with Crippen LogP contribution in [-0.4, -0.2) is 21.7 Å². The van der Waals surface area contributed by atoms with Crippen molar-refractivity contribution in [3.05, 3.63) is 65.4 Å². The highest BCUT2D eigenvalue weighted by Crippen LogP contribution is 2.26.